The second-order valence-electron chi connectivity index (χ2n) is 4.40. The molecule has 100 valence electrons. The minimum Gasteiger partial charge on any atom is -0.309 e. The van der Waals surface area contributed by atoms with Crippen LogP contribution < -0.4 is 5.32 Å². The van der Waals surface area contributed by atoms with E-state index >= 15 is 0 Å². The molecular formula is C15H14Br2ClN. The summed E-state index contributed by atoms with van der Waals surface area (Å²) in [6, 6.07) is 12.3. The average molecular weight is 404 g/mol. The molecule has 0 aliphatic heterocycles. The number of nitrogens with one attached hydrogen (secondary N) is 1. The van der Waals surface area contributed by atoms with Gasteiger partial charge in [-0.15, -0.1) is 0 Å². The normalized spacial score (nSPS) is 12.5. The molecule has 2 rings (SSSR count). The first-order chi connectivity index (χ1) is 9.02. The number of hydrogen-bond donors (Lipinski definition) is 1. The maximum Gasteiger partial charge on any atom is 0.0586 e. The van der Waals surface area contributed by atoms with Gasteiger partial charge in [0.2, 0.25) is 0 Å². The van der Waals surface area contributed by atoms with Gasteiger partial charge in [0, 0.05) is 14.0 Å². The van der Waals surface area contributed by atoms with Crippen LogP contribution in [0.25, 0.3) is 0 Å². The highest BCUT2D eigenvalue weighted by Gasteiger charge is 2.16. The Labute approximate surface area is 135 Å². The van der Waals surface area contributed by atoms with Gasteiger partial charge in [-0.1, -0.05) is 55.6 Å². The van der Waals surface area contributed by atoms with Gasteiger partial charge in [0.05, 0.1) is 6.04 Å². The molecule has 1 atom stereocenters. The predicted octanol–water partition coefficient (Wildman–Crippen LogP) is 5.48. The Hall–Kier alpha value is -0.350. The Morgan fingerprint density at radius 1 is 1.11 bits per heavy atom. The fourth-order valence-corrected chi connectivity index (χ4v) is 3.32. The largest absolute Gasteiger partial charge is 0.309 e. The van der Waals surface area contributed by atoms with Crippen LogP contribution in [0.5, 0.6) is 0 Å². The summed E-state index contributed by atoms with van der Waals surface area (Å²) >= 11 is 13.3. The lowest BCUT2D eigenvalue weighted by Crippen LogP contribution is -2.18. The van der Waals surface area contributed by atoms with E-state index in [2.05, 4.69) is 62.3 Å². The minimum absolute atomic E-state index is 0.102. The third-order valence-electron chi connectivity index (χ3n) is 3.06. The van der Waals surface area contributed by atoms with E-state index in [0.717, 1.165) is 19.5 Å². The number of benzene rings is 2. The number of rotatable bonds is 3. The van der Waals surface area contributed by atoms with Crippen LogP contribution in [0.1, 0.15) is 22.7 Å². The summed E-state index contributed by atoms with van der Waals surface area (Å²) in [5.41, 5.74) is 3.53. The van der Waals surface area contributed by atoms with E-state index in [0.29, 0.717) is 0 Å². The molecule has 4 heteroatoms. The van der Waals surface area contributed by atoms with E-state index in [1.54, 1.807) is 0 Å². The van der Waals surface area contributed by atoms with Crippen molar-refractivity contribution in [3.8, 4) is 0 Å². The van der Waals surface area contributed by atoms with E-state index in [1.807, 2.05) is 25.2 Å². The van der Waals surface area contributed by atoms with Crippen molar-refractivity contribution in [1.82, 2.24) is 5.32 Å². The molecule has 0 saturated carbocycles. The third-order valence-corrected chi connectivity index (χ3v) is 4.84. The van der Waals surface area contributed by atoms with Gasteiger partial charge in [-0.3, -0.25) is 0 Å². The lowest BCUT2D eigenvalue weighted by molar-refractivity contribution is 0.688. The number of halogens is 3. The van der Waals surface area contributed by atoms with Crippen LogP contribution in [0.3, 0.4) is 0 Å². The van der Waals surface area contributed by atoms with E-state index < -0.39 is 0 Å². The quantitative estimate of drug-likeness (QED) is 0.715. The van der Waals surface area contributed by atoms with Crippen LogP contribution in [-0.2, 0) is 0 Å². The van der Waals surface area contributed by atoms with Crippen LogP contribution >= 0.6 is 43.5 Å². The van der Waals surface area contributed by atoms with Gasteiger partial charge in [-0.05, 0) is 54.9 Å². The molecule has 19 heavy (non-hydrogen) atoms. The first-order valence-corrected chi connectivity index (χ1v) is 7.87. The lowest BCUT2D eigenvalue weighted by atomic mass is 9.98. The Balaban J connectivity index is 2.51. The highest BCUT2D eigenvalue weighted by atomic mass is 79.9. The Bertz CT molecular complexity index is 599. The molecule has 2 aromatic carbocycles. The SMILES string of the molecule is CNC(c1cccc(Cl)c1)c1cc(Br)c(C)cc1Br. The smallest absolute Gasteiger partial charge is 0.0586 e. The van der Waals surface area contributed by atoms with Crippen molar-refractivity contribution < 1.29 is 0 Å². The molecule has 0 fully saturated rings. The van der Waals surface area contributed by atoms with Gasteiger partial charge < -0.3 is 5.32 Å². The zero-order valence-electron chi connectivity index (χ0n) is 10.7. The fourth-order valence-electron chi connectivity index (χ4n) is 2.07. The molecule has 1 unspecified atom stereocenters. The molecule has 0 radical (unpaired) electrons. The third kappa shape index (κ3) is 3.40. The van der Waals surface area contributed by atoms with Crippen LogP contribution in [0.2, 0.25) is 5.02 Å². The molecule has 0 spiro atoms. The Kier molecular flexibility index (Phi) is 5.07. The van der Waals surface area contributed by atoms with Crippen LogP contribution in [0.15, 0.2) is 45.3 Å². The second kappa shape index (κ2) is 6.40. The highest BCUT2D eigenvalue weighted by molar-refractivity contribution is 9.11. The summed E-state index contributed by atoms with van der Waals surface area (Å²) in [4.78, 5) is 0. The summed E-state index contributed by atoms with van der Waals surface area (Å²) in [5, 5.41) is 4.09. The van der Waals surface area contributed by atoms with Crippen LogP contribution in [-0.4, -0.2) is 7.05 Å². The van der Waals surface area contributed by atoms with Gasteiger partial charge in [0.25, 0.3) is 0 Å². The fraction of sp³-hybridized carbons (Fsp3) is 0.200. The van der Waals surface area contributed by atoms with Crippen LogP contribution in [0.4, 0.5) is 0 Å². The second-order valence-corrected chi connectivity index (χ2v) is 6.54. The molecule has 0 aliphatic rings. The van der Waals surface area contributed by atoms with Crippen molar-refractivity contribution in [2.75, 3.05) is 7.05 Å². The molecule has 1 nitrogen and oxygen atoms in total. The maximum absolute atomic E-state index is 6.08. The van der Waals surface area contributed by atoms with E-state index in [-0.39, 0.29) is 6.04 Å². The number of hydrogen-bond acceptors (Lipinski definition) is 1. The lowest BCUT2D eigenvalue weighted by Gasteiger charge is -2.20. The maximum atomic E-state index is 6.08. The van der Waals surface area contributed by atoms with E-state index in [1.165, 1.54) is 11.1 Å². The average Bonchev–Trinajstić information content (AvgIpc) is 2.36. The molecule has 0 saturated heterocycles. The Morgan fingerprint density at radius 3 is 2.47 bits per heavy atom. The van der Waals surface area contributed by atoms with Crippen molar-refractivity contribution in [2.45, 2.75) is 13.0 Å². The van der Waals surface area contributed by atoms with Gasteiger partial charge in [0.1, 0.15) is 0 Å². The summed E-state index contributed by atoms with van der Waals surface area (Å²) in [5.74, 6) is 0. The molecule has 0 heterocycles. The van der Waals surface area contributed by atoms with Crippen molar-refractivity contribution >= 4 is 43.5 Å². The minimum atomic E-state index is 0.102. The standard InChI is InChI=1S/C15H14Br2ClN/c1-9-6-14(17)12(8-13(9)16)15(19-2)10-4-3-5-11(18)7-10/h3-8,15,19H,1-2H3. The van der Waals surface area contributed by atoms with Crippen LogP contribution in [0, 0.1) is 6.92 Å². The van der Waals surface area contributed by atoms with Crippen molar-refractivity contribution in [3.63, 3.8) is 0 Å². The topological polar surface area (TPSA) is 12.0 Å². The summed E-state index contributed by atoms with van der Waals surface area (Å²) < 4.78 is 2.19. The zero-order valence-corrected chi connectivity index (χ0v) is 14.6. The van der Waals surface area contributed by atoms with Crippen molar-refractivity contribution in [1.29, 1.82) is 0 Å². The monoisotopic (exact) mass is 401 g/mol. The van der Waals surface area contributed by atoms with Gasteiger partial charge >= 0.3 is 0 Å². The molecular weight excluding hydrogens is 389 g/mol. The molecule has 0 aliphatic carbocycles. The first kappa shape index (κ1) is 15.0. The molecule has 2 aromatic rings. The molecule has 0 bridgehead atoms. The van der Waals surface area contributed by atoms with Gasteiger partial charge in [0.15, 0.2) is 0 Å². The predicted molar refractivity (Wildman–Crippen MR) is 88.9 cm³/mol. The summed E-state index contributed by atoms with van der Waals surface area (Å²) in [7, 11) is 1.95. The molecule has 0 aromatic heterocycles. The first-order valence-electron chi connectivity index (χ1n) is 5.91. The van der Waals surface area contributed by atoms with Crippen molar-refractivity contribution in [2.24, 2.45) is 0 Å². The van der Waals surface area contributed by atoms with E-state index in [9.17, 15) is 0 Å². The highest BCUT2D eigenvalue weighted by Crippen LogP contribution is 2.33. The summed E-state index contributed by atoms with van der Waals surface area (Å²) in [6.07, 6.45) is 0. The molecule has 0 amide bonds. The van der Waals surface area contributed by atoms with Gasteiger partial charge in [-0.2, -0.15) is 0 Å². The van der Waals surface area contributed by atoms with Gasteiger partial charge in [-0.25, -0.2) is 0 Å². The molecule has 1 N–H and O–H groups in total. The Morgan fingerprint density at radius 2 is 1.84 bits per heavy atom. The number of aryl methyl sites for hydroxylation is 1. The zero-order chi connectivity index (χ0) is 14.0. The van der Waals surface area contributed by atoms with E-state index in [4.69, 9.17) is 11.6 Å². The van der Waals surface area contributed by atoms with Crippen molar-refractivity contribution in [3.05, 3.63) is 67.1 Å². The summed E-state index contributed by atoms with van der Waals surface area (Å²) in [6.45, 7) is 2.08.